The van der Waals surface area contributed by atoms with Crippen LogP contribution in [0.5, 0.6) is 5.75 Å². The number of amides is 1. The van der Waals surface area contributed by atoms with Crippen molar-refractivity contribution in [2.24, 2.45) is 0 Å². The second-order valence-corrected chi connectivity index (χ2v) is 6.77. The Hall–Kier alpha value is -3.27. The zero-order chi connectivity index (χ0) is 19.9. The maximum atomic E-state index is 12.1. The molecule has 10 heteroatoms. The Kier molecular flexibility index (Phi) is 6.33. The highest BCUT2D eigenvalue weighted by Crippen LogP contribution is 2.19. The highest BCUT2D eigenvalue weighted by molar-refractivity contribution is 7.13. The Morgan fingerprint density at radius 1 is 1.25 bits per heavy atom. The summed E-state index contributed by atoms with van der Waals surface area (Å²) in [6.45, 7) is 1.60. The first-order chi connectivity index (χ1) is 13.5. The molecule has 3 rings (SSSR count). The number of nitrogens with one attached hydrogen (secondary N) is 1. The third kappa shape index (κ3) is 5.13. The van der Waals surface area contributed by atoms with E-state index in [0.717, 1.165) is 21.0 Å². The molecule has 0 aliphatic heterocycles. The van der Waals surface area contributed by atoms with Crippen molar-refractivity contribution in [2.75, 3.05) is 7.11 Å². The summed E-state index contributed by atoms with van der Waals surface area (Å²) < 4.78 is 10.2. The summed E-state index contributed by atoms with van der Waals surface area (Å²) in [4.78, 5) is 26.1. The first-order valence-electron chi connectivity index (χ1n) is 8.47. The van der Waals surface area contributed by atoms with E-state index in [1.807, 2.05) is 29.6 Å². The van der Waals surface area contributed by atoms with Gasteiger partial charge in [0, 0.05) is 6.54 Å². The van der Waals surface area contributed by atoms with Crippen LogP contribution >= 0.6 is 11.3 Å². The van der Waals surface area contributed by atoms with Crippen molar-refractivity contribution in [3.8, 4) is 16.5 Å². The molecule has 0 spiro atoms. The van der Waals surface area contributed by atoms with E-state index in [9.17, 15) is 9.59 Å². The molecule has 146 valence electrons. The number of benzene rings is 1. The van der Waals surface area contributed by atoms with E-state index in [-0.39, 0.29) is 6.54 Å². The minimum Gasteiger partial charge on any atom is -0.497 e. The molecule has 0 bridgehead atoms. The van der Waals surface area contributed by atoms with Crippen LogP contribution < -0.4 is 10.1 Å². The van der Waals surface area contributed by atoms with Crippen LogP contribution in [0.2, 0.25) is 0 Å². The van der Waals surface area contributed by atoms with Crippen molar-refractivity contribution in [2.45, 2.75) is 26.1 Å². The molecule has 28 heavy (non-hydrogen) atoms. The lowest BCUT2D eigenvalue weighted by Gasteiger charge is -2.13. The molecule has 3 aromatic rings. The van der Waals surface area contributed by atoms with E-state index >= 15 is 0 Å². The van der Waals surface area contributed by atoms with Crippen molar-refractivity contribution in [1.82, 2.24) is 25.5 Å². The molecule has 0 saturated carbocycles. The Morgan fingerprint density at radius 3 is 2.71 bits per heavy atom. The maximum absolute atomic E-state index is 12.1. The molecule has 2 aromatic heterocycles. The van der Waals surface area contributed by atoms with Gasteiger partial charge in [0.25, 0.3) is 5.91 Å². The van der Waals surface area contributed by atoms with Crippen LogP contribution in [0, 0.1) is 0 Å². The summed E-state index contributed by atoms with van der Waals surface area (Å²) in [6.07, 6.45) is -0.939. The van der Waals surface area contributed by atoms with Crippen molar-refractivity contribution in [3.05, 3.63) is 47.3 Å². The SMILES string of the molecule is COc1ccc(CNC(=O)[C@H](C)OC(=O)Cn2nnc(-c3cccs3)n2)cc1. The lowest BCUT2D eigenvalue weighted by Crippen LogP contribution is -2.36. The zero-order valence-corrected chi connectivity index (χ0v) is 16.2. The van der Waals surface area contributed by atoms with E-state index in [1.54, 1.807) is 19.2 Å². The van der Waals surface area contributed by atoms with Crippen molar-refractivity contribution in [3.63, 3.8) is 0 Å². The Morgan fingerprint density at radius 2 is 2.04 bits per heavy atom. The van der Waals surface area contributed by atoms with Gasteiger partial charge in [-0.25, -0.2) is 4.79 Å². The minimum atomic E-state index is -0.939. The largest absolute Gasteiger partial charge is 0.497 e. The highest BCUT2D eigenvalue weighted by atomic mass is 32.1. The van der Waals surface area contributed by atoms with Gasteiger partial charge < -0.3 is 14.8 Å². The predicted octanol–water partition coefficient (Wildman–Crippen LogP) is 1.66. The summed E-state index contributed by atoms with van der Waals surface area (Å²) >= 11 is 1.47. The molecule has 0 fully saturated rings. The first kappa shape index (κ1) is 19.5. The molecule has 1 aromatic carbocycles. The number of aromatic nitrogens is 4. The molecule has 1 amide bonds. The van der Waals surface area contributed by atoms with Crippen LogP contribution in [0.25, 0.3) is 10.7 Å². The monoisotopic (exact) mass is 401 g/mol. The smallest absolute Gasteiger partial charge is 0.330 e. The first-order valence-corrected chi connectivity index (χ1v) is 9.35. The fourth-order valence-corrected chi connectivity index (χ4v) is 2.94. The summed E-state index contributed by atoms with van der Waals surface area (Å²) in [5.41, 5.74) is 0.903. The topological polar surface area (TPSA) is 108 Å². The standard InChI is InChI=1S/C18H19N5O4S/c1-12(18(25)19-10-13-5-7-14(26-2)8-6-13)27-16(24)11-23-21-17(20-22-23)15-4-3-9-28-15/h3-9,12H,10-11H2,1-2H3,(H,19,25)/t12-/m0/s1. The fraction of sp³-hybridized carbons (Fsp3) is 0.278. The van der Waals surface area contributed by atoms with Gasteiger partial charge in [-0.05, 0) is 41.3 Å². The van der Waals surface area contributed by atoms with E-state index < -0.39 is 18.0 Å². The van der Waals surface area contributed by atoms with Gasteiger partial charge in [0.05, 0.1) is 12.0 Å². The number of carbonyl (C=O) groups is 2. The number of nitrogens with zero attached hydrogens (tertiary/aromatic N) is 4. The molecular weight excluding hydrogens is 382 g/mol. The van der Waals surface area contributed by atoms with Crippen LogP contribution in [0.3, 0.4) is 0 Å². The number of carbonyl (C=O) groups excluding carboxylic acids is 2. The number of ether oxygens (including phenoxy) is 2. The second-order valence-electron chi connectivity index (χ2n) is 5.82. The lowest BCUT2D eigenvalue weighted by atomic mass is 10.2. The van der Waals surface area contributed by atoms with Gasteiger partial charge in [-0.3, -0.25) is 4.79 Å². The van der Waals surface area contributed by atoms with Gasteiger partial charge in [0.2, 0.25) is 5.82 Å². The van der Waals surface area contributed by atoms with E-state index in [0.29, 0.717) is 12.4 Å². The number of tetrazole rings is 1. The minimum absolute atomic E-state index is 0.228. The average Bonchev–Trinajstić information content (AvgIpc) is 3.38. The van der Waals surface area contributed by atoms with Crippen LogP contribution in [-0.2, 0) is 27.4 Å². The van der Waals surface area contributed by atoms with Crippen molar-refractivity contribution >= 4 is 23.2 Å². The number of methoxy groups -OCH3 is 1. The summed E-state index contributed by atoms with van der Waals surface area (Å²) in [6, 6.07) is 11.0. The quantitative estimate of drug-likeness (QED) is 0.572. The molecule has 0 aliphatic rings. The van der Waals surface area contributed by atoms with Crippen LogP contribution in [0.1, 0.15) is 12.5 Å². The third-order valence-electron chi connectivity index (χ3n) is 3.77. The van der Waals surface area contributed by atoms with Crippen LogP contribution in [0.15, 0.2) is 41.8 Å². The molecule has 0 unspecified atom stereocenters. The second kappa shape index (κ2) is 9.09. The van der Waals surface area contributed by atoms with E-state index in [1.165, 1.54) is 18.3 Å². The summed E-state index contributed by atoms with van der Waals surface area (Å²) in [5, 5.41) is 16.5. The van der Waals surface area contributed by atoms with Crippen LogP contribution in [0.4, 0.5) is 0 Å². The Bertz CT molecular complexity index is 924. The van der Waals surface area contributed by atoms with E-state index in [2.05, 4.69) is 20.7 Å². The van der Waals surface area contributed by atoms with Gasteiger partial charge >= 0.3 is 5.97 Å². The highest BCUT2D eigenvalue weighted by Gasteiger charge is 2.19. The molecule has 0 saturated heterocycles. The van der Waals surface area contributed by atoms with Crippen LogP contribution in [-0.4, -0.2) is 45.3 Å². The number of thiophene rings is 1. The normalized spacial score (nSPS) is 11.6. The summed E-state index contributed by atoms with van der Waals surface area (Å²) in [5.74, 6) is 0.159. The molecule has 0 aliphatic carbocycles. The molecular formula is C18H19N5O4S. The number of esters is 1. The molecule has 0 radical (unpaired) electrons. The lowest BCUT2D eigenvalue weighted by molar-refractivity contribution is -0.155. The van der Waals surface area contributed by atoms with Crippen molar-refractivity contribution in [1.29, 1.82) is 0 Å². The molecule has 9 nitrogen and oxygen atoms in total. The van der Waals surface area contributed by atoms with Gasteiger partial charge in [-0.1, -0.05) is 18.2 Å². The average molecular weight is 401 g/mol. The number of hydrogen-bond donors (Lipinski definition) is 1. The third-order valence-corrected chi connectivity index (χ3v) is 4.63. The number of hydrogen-bond acceptors (Lipinski definition) is 8. The Balaban J connectivity index is 1.46. The zero-order valence-electron chi connectivity index (χ0n) is 15.4. The Labute approximate surface area is 165 Å². The van der Waals surface area contributed by atoms with Gasteiger partial charge in [-0.15, -0.1) is 21.5 Å². The molecule has 2 heterocycles. The molecule has 1 N–H and O–H groups in total. The van der Waals surface area contributed by atoms with E-state index in [4.69, 9.17) is 9.47 Å². The summed E-state index contributed by atoms with van der Waals surface area (Å²) in [7, 11) is 1.59. The number of rotatable bonds is 8. The predicted molar refractivity (Wildman–Crippen MR) is 102 cm³/mol. The van der Waals surface area contributed by atoms with Gasteiger partial charge in [0.1, 0.15) is 5.75 Å². The maximum Gasteiger partial charge on any atom is 0.330 e. The van der Waals surface area contributed by atoms with Crippen molar-refractivity contribution < 1.29 is 19.1 Å². The van der Waals surface area contributed by atoms with Gasteiger partial charge in [0.15, 0.2) is 12.6 Å². The fourth-order valence-electron chi connectivity index (χ4n) is 2.29. The van der Waals surface area contributed by atoms with Gasteiger partial charge in [-0.2, -0.15) is 4.80 Å². The molecule has 1 atom stereocenters.